The second kappa shape index (κ2) is 9.00. The van der Waals surface area contributed by atoms with Crippen LogP contribution in [0, 0.1) is 0 Å². The minimum Gasteiger partial charge on any atom is -0.459 e. The second-order valence-electron chi connectivity index (χ2n) is 6.85. The average Bonchev–Trinajstić information content (AvgIpc) is 2.29. The predicted octanol–water partition coefficient (Wildman–Crippen LogP) is 1.71. The third-order valence-electron chi connectivity index (χ3n) is 2.00. The van der Waals surface area contributed by atoms with Crippen LogP contribution in [0.2, 0.25) is 0 Å². The van der Waals surface area contributed by atoms with Crippen molar-refractivity contribution < 1.29 is 19.1 Å². The number of esters is 2. The standard InChI is InChI=1S/C14H28N2O4S2/c1-13(2,3)19-11(17)9(15)7-21-22-8-10(16)12(18)20-14(4,5)6/h9-10H,7-8,15-16H2,1-6H3/t9-,10?/m0/s1. The maximum atomic E-state index is 11.7. The van der Waals surface area contributed by atoms with Gasteiger partial charge in [0.1, 0.15) is 23.3 Å². The van der Waals surface area contributed by atoms with E-state index in [1.165, 1.54) is 21.6 Å². The molecular weight excluding hydrogens is 324 g/mol. The van der Waals surface area contributed by atoms with Crippen molar-refractivity contribution in [3.05, 3.63) is 0 Å². The first kappa shape index (κ1) is 21.6. The first-order valence-electron chi connectivity index (χ1n) is 7.03. The van der Waals surface area contributed by atoms with Gasteiger partial charge in [-0.3, -0.25) is 9.59 Å². The summed E-state index contributed by atoms with van der Waals surface area (Å²) in [5.74, 6) is -0.0876. The lowest BCUT2D eigenvalue weighted by atomic mass is 10.2. The van der Waals surface area contributed by atoms with Gasteiger partial charge in [-0.1, -0.05) is 21.6 Å². The fraction of sp³-hybridized carbons (Fsp3) is 0.857. The van der Waals surface area contributed by atoms with Crippen molar-refractivity contribution >= 4 is 33.5 Å². The molecule has 0 bridgehead atoms. The molecule has 0 aromatic rings. The van der Waals surface area contributed by atoms with Gasteiger partial charge in [0.2, 0.25) is 0 Å². The van der Waals surface area contributed by atoms with E-state index in [1.807, 2.05) is 0 Å². The normalized spacial score (nSPS) is 15.1. The van der Waals surface area contributed by atoms with Crippen LogP contribution in [0.5, 0.6) is 0 Å². The fourth-order valence-electron chi connectivity index (χ4n) is 1.13. The van der Waals surface area contributed by atoms with Crippen molar-refractivity contribution in [2.24, 2.45) is 11.5 Å². The van der Waals surface area contributed by atoms with Crippen LogP contribution in [0.3, 0.4) is 0 Å². The molecule has 130 valence electrons. The summed E-state index contributed by atoms with van der Waals surface area (Å²) in [6.45, 7) is 10.7. The van der Waals surface area contributed by atoms with E-state index in [9.17, 15) is 9.59 Å². The number of ether oxygens (including phenoxy) is 2. The summed E-state index contributed by atoms with van der Waals surface area (Å²) in [5.41, 5.74) is 10.4. The minimum absolute atomic E-state index is 0.390. The average molecular weight is 353 g/mol. The van der Waals surface area contributed by atoms with Crippen molar-refractivity contribution in [2.75, 3.05) is 11.5 Å². The van der Waals surface area contributed by atoms with E-state index >= 15 is 0 Å². The number of hydrogen-bond donors (Lipinski definition) is 2. The van der Waals surface area contributed by atoms with Gasteiger partial charge < -0.3 is 20.9 Å². The molecule has 0 saturated carbocycles. The molecule has 6 nitrogen and oxygen atoms in total. The second-order valence-corrected chi connectivity index (χ2v) is 9.40. The Balaban J connectivity index is 3.97. The Morgan fingerprint density at radius 3 is 1.32 bits per heavy atom. The van der Waals surface area contributed by atoms with Crippen LogP contribution in [-0.2, 0) is 19.1 Å². The number of hydrogen-bond acceptors (Lipinski definition) is 8. The monoisotopic (exact) mass is 352 g/mol. The summed E-state index contributed by atoms with van der Waals surface area (Å²) >= 11 is 0. The largest absolute Gasteiger partial charge is 0.459 e. The van der Waals surface area contributed by atoms with Gasteiger partial charge in [-0.05, 0) is 41.5 Å². The highest BCUT2D eigenvalue weighted by molar-refractivity contribution is 8.76. The molecule has 2 atom stereocenters. The van der Waals surface area contributed by atoms with Gasteiger partial charge in [-0.15, -0.1) is 0 Å². The first-order chi connectivity index (χ1) is 9.82. The minimum atomic E-state index is -0.700. The lowest BCUT2D eigenvalue weighted by Crippen LogP contribution is -2.39. The smallest absolute Gasteiger partial charge is 0.324 e. The van der Waals surface area contributed by atoms with Gasteiger partial charge in [0.05, 0.1) is 0 Å². The summed E-state index contributed by atoms with van der Waals surface area (Å²) in [6, 6.07) is -1.40. The topological polar surface area (TPSA) is 105 Å². The molecule has 0 aliphatic rings. The molecule has 0 aromatic carbocycles. The van der Waals surface area contributed by atoms with Gasteiger partial charge in [0, 0.05) is 11.5 Å². The van der Waals surface area contributed by atoms with Gasteiger partial charge in [-0.25, -0.2) is 0 Å². The molecule has 0 radical (unpaired) electrons. The molecule has 1 unspecified atom stereocenters. The zero-order chi connectivity index (χ0) is 17.6. The number of carbonyl (C=O) groups excluding carboxylic acids is 2. The van der Waals surface area contributed by atoms with E-state index < -0.39 is 35.2 Å². The summed E-state index contributed by atoms with van der Waals surface area (Å²) in [7, 11) is 2.76. The molecule has 0 saturated heterocycles. The van der Waals surface area contributed by atoms with E-state index in [1.54, 1.807) is 41.5 Å². The Kier molecular flexibility index (Phi) is 8.82. The van der Waals surface area contributed by atoms with Crippen LogP contribution in [0.25, 0.3) is 0 Å². The summed E-state index contributed by atoms with van der Waals surface area (Å²) in [4.78, 5) is 23.4. The Bertz CT molecular complexity index is 342. The van der Waals surface area contributed by atoms with Gasteiger partial charge in [-0.2, -0.15) is 0 Å². The van der Waals surface area contributed by atoms with Crippen LogP contribution in [0.15, 0.2) is 0 Å². The zero-order valence-electron chi connectivity index (χ0n) is 14.2. The summed E-state index contributed by atoms with van der Waals surface area (Å²) < 4.78 is 10.4. The number of nitrogens with two attached hydrogens (primary N) is 2. The molecule has 0 aliphatic heterocycles. The molecule has 0 spiro atoms. The molecule has 0 aliphatic carbocycles. The zero-order valence-corrected chi connectivity index (χ0v) is 15.8. The molecule has 0 aromatic heterocycles. The molecule has 0 heterocycles. The fourth-order valence-corrected chi connectivity index (χ4v) is 3.35. The lowest BCUT2D eigenvalue weighted by Gasteiger charge is -2.22. The number of carbonyl (C=O) groups is 2. The molecule has 0 rings (SSSR count). The maximum absolute atomic E-state index is 11.7. The quantitative estimate of drug-likeness (QED) is 0.405. The molecular formula is C14H28N2O4S2. The van der Waals surface area contributed by atoms with E-state index in [4.69, 9.17) is 20.9 Å². The van der Waals surface area contributed by atoms with Gasteiger partial charge >= 0.3 is 11.9 Å². The highest BCUT2D eigenvalue weighted by atomic mass is 33.1. The first-order valence-corrected chi connectivity index (χ1v) is 9.52. The van der Waals surface area contributed by atoms with Crippen LogP contribution >= 0.6 is 21.6 Å². The highest BCUT2D eigenvalue weighted by Crippen LogP contribution is 2.23. The Morgan fingerprint density at radius 2 is 1.09 bits per heavy atom. The maximum Gasteiger partial charge on any atom is 0.324 e. The summed E-state index contributed by atoms with van der Waals surface area (Å²) in [6.07, 6.45) is 0. The van der Waals surface area contributed by atoms with Crippen molar-refractivity contribution in [3.63, 3.8) is 0 Å². The van der Waals surface area contributed by atoms with E-state index in [0.29, 0.717) is 11.5 Å². The molecule has 22 heavy (non-hydrogen) atoms. The lowest BCUT2D eigenvalue weighted by molar-refractivity contribution is -0.156. The Morgan fingerprint density at radius 1 is 0.818 bits per heavy atom. The highest BCUT2D eigenvalue weighted by Gasteiger charge is 2.24. The van der Waals surface area contributed by atoms with Crippen molar-refractivity contribution in [1.82, 2.24) is 0 Å². The van der Waals surface area contributed by atoms with Crippen molar-refractivity contribution in [3.8, 4) is 0 Å². The number of rotatable bonds is 7. The van der Waals surface area contributed by atoms with Crippen molar-refractivity contribution in [2.45, 2.75) is 64.8 Å². The van der Waals surface area contributed by atoms with Crippen LogP contribution < -0.4 is 11.5 Å². The van der Waals surface area contributed by atoms with E-state index in [-0.39, 0.29) is 0 Å². The predicted molar refractivity (Wildman–Crippen MR) is 92.6 cm³/mol. The van der Waals surface area contributed by atoms with Crippen molar-refractivity contribution in [1.29, 1.82) is 0 Å². The van der Waals surface area contributed by atoms with Gasteiger partial charge in [0.15, 0.2) is 0 Å². The molecule has 0 fully saturated rings. The third kappa shape index (κ3) is 11.2. The molecule has 4 N–H and O–H groups in total. The van der Waals surface area contributed by atoms with E-state index in [0.717, 1.165) is 0 Å². The molecule has 8 heteroatoms. The van der Waals surface area contributed by atoms with Crippen LogP contribution in [-0.4, -0.2) is 46.7 Å². The SMILES string of the molecule is CC(C)(C)OC(=O)C(N)CSSC[C@H](N)C(=O)OC(C)(C)C. The van der Waals surface area contributed by atoms with Crippen LogP contribution in [0.1, 0.15) is 41.5 Å². The van der Waals surface area contributed by atoms with Gasteiger partial charge in [0.25, 0.3) is 0 Å². The third-order valence-corrected chi connectivity index (χ3v) is 4.47. The molecule has 0 amide bonds. The Hall–Kier alpha value is -0.440. The van der Waals surface area contributed by atoms with E-state index in [2.05, 4.69) is 0 Å². The summed E-state index contributed by atoms with van der Waals surface area (Å²) in [5, 5.41) is 0. The Labute approximate surface area is 140 Å². The van der Waals surface area contributed by atoms with Crippen LogP contribution in [0.4, 0.5) is 0 Å².